The van der Waals surface area contributed by atoms with Gasteiger partial charge < -0.3 is 19.2 Å². The molecule has 0 aliphatic carbocycles. The Morgan fingerprint density at radius 3 is 2.33 bits per heavy atom. The molecule has 0 spiro atoms. The van der Waals surface area contributed by atoms with E-state index in [0.29, 0.717) is 33.0 Å². The number of aliphatic hydroxyl groups is 1. The molecule has 0 bridgehead atoms. The van der Waals surface area contributed by atoms with Gasteiger partial charge >= 0.3 is 0 Å². The van der Waals surface area contributed by atoms with Crippen LogP contribution in [0.3, 0.4) is 0 Å². The number of Topliss-reactive ketones (excluding diaryl/α,β-unsaturated/α-hetero) is 1. The average Bonchev–Trinajstić information content (AvgIpc) is 3.34. The highest BCUT2D eigenvalue weighted by atomic mass is 79.9. The molecule has 1 unspecified atom stereocenters. The topological polar surface area (TPSA) is 83.2 Å². The van der Waals surface area contributed by atoms with Crippen LogP contribution in [0.25, 0.3) is 5.76 Å². The number of hydrogen-bond donors (Lipinski definition) is 1. The number of amides is 1. The van der Waals surface area contributed by atoms with Crippen molar-refractivity contribution in [2.75, 3.05) is 31.0 Å². The number of benzene rings is 2. The minimum Gasteiger partial charge on any atom is -0.507 e. The monoisotopic (exact) mass is 510 g/mol. The van der Waals surface area contributed by atoms with Crippen LogP contribution in [0, 0.1) is 6.92 Å². The van der Waals surface area contributed by atoms with Gasteiger partial charge in [-0.2, -0.15) is 0 Å². The van der Waals surface area contributed by atoms with Gasteiger partial charge in [0.2, 0.25) is 0 Å². The van der Waals surface area contributed by atoms with E-state index in [1.165, 1.54) is 12.0 Å². The second kappa shape index (κ2) is 8.78. The van der Waals surface area contributed by atoms with E-state index in [0.717, 1.165) is 5.69 Å². The number of aliphatic hydroxyl groups excluding tert-OH is 1. The van der Waals surface area contributed by atoms with E-state index in [1.807, 2.05) is 31.1 Å². The minimum absolute atomic E-state index is 0.0388. The maximum atomic E-state index is 13.2. The van der Waals surface area contributed by atoms with E-state index in [1.54, 1.807) is 49.4 Å². The van der Waals surface area contributed by atoms with Gasteiger partial charge in [-0.25, -0.2) is 0 Å². The smallest absolute Gasteiger partial charge is 0.300 e. The zero-order chi connectivity index (χ0) is 23.9. The molecular weight excluding hydrogens is 488 g/mol. The number of ether oxygens (including phenoxy) is 1. The second-order valence-electron chi connectivity index (χ2n) is 7.88. The molecule has 1 aliphatic heterocycles. The van der Waals surface area contributed by atoms with E-state index in [2.05, 4.69) is 15.9 Å². The number of carbonyl (C=O) groups excluding carboxylic acids is 2. The Morgan fingerprint density at radius 1 is 1.09 bits per heavy atom. The van der Waals surface area contributed by atoms with Gasteiger partial charge in [0.15, 0.2) is 0 Å². The SMILES string of the molecule is COc1ccc(/C(O)=C2/C(=O)C(=O)N(c3ccc(N(C)C)cc3)C2c2ccc(C)o2)cc1Br. The van der Waals surface area contributed by atoms with Gasteiger partial charge in [0, 0.05) is 31.0 Å². The van der Waals surface area contributed by atoms with Crippen molar-refractivity contribution >= 4 is 44.8 Å². The van der Waals surface area contributed by atoms with Gasteiger partial charge in [-0.1, -0.05) is 0 Å². The minimum atomic E-state index is -0.912. The molecule has 1 aliphatic rings. The van der Waals surface area contributed by atoms with E-state index >= 15 is 0 Å². The number of methoxy groups -OCH3 is 1. The number of furan rings is 1. The summed E-state index contributed by atoms with van der Waals surface area (Å²) in [5.74, 6) is -0.214. The second-order valence-corrected chi connectivity index (χ2v) is 8.73. The Morgan fingerprint density at radius 2 is 1.79 bits per heavy atom. The lowest BCUT2D eigenvalue weighted by atomic mass is 9.99. The van der Waals surface area contributed by atoms with Crippen LogP contribution in [0.5, 0.6) is 5.75 Å². The number of hydrogen-bond acceptors (Lipinski definition) is 6. The van der Waals surface area contributed by atoms with Crippen molar-refractivity contribution in [1.29, 1.82) is 0 Å². The number of carbonyl (C=O) groups is 2. The summed E-state index contributed by atoms with van der Waals surface area (Å²) in [7, 11) is 5.37. The standard InChI is InChI=1S/C25H23BrN2O5/c1-14-5-11-20(33-14)22-21(23(29)15-6-12-19(32-4)18(26)13-15)24(30)25(31)28(22)17-9-7-16(8-10-17)27(2)3/h5-13,22,29H,1-4H3/b23-21-. The maximum absolute atomic E-state index is 13.2. The lowest BCUT2D eigenvalue weighted by Crippen LogP contribution is -2.29. The number of anilines is 2. The summed E-state index contributed by atoms with van der Waals surface area (Å²) in [4.78, 5) is 29.7. The molecule has 1 N–H and O–H groups in total. The molecular formula is C25H23BrN2O5. The van der Waals surface area contributed by atoms with Crippen LogP contribution < -0.4 is 14.5 Å². The molecule has 1 atom stereocenters. The molecule has 1 aromatic heterocycles. The highest BCUT2D eigenvalue weighted by Gasteiger charge is 2.48. The Bertz CT molecular complexity index is 1260. The highest BCUT2D eigenvalue weighted by Crippen LogP contribution is 2.43. The van der Waals surface area contributed by atoms with Gasteiger partial charge in [-0.05, 0) is 77.5 Å². The van der Waals surface area contributed by atoms with Gasteiger partial charge in [0.25, 0.3) is 11.7 Å². The first-order valence-corrected chi connectivity index (χ1v) is 11.0. The molecule has 1 saturated heterocycles. The van der Waals surface area contributed by atoms with E-state index in [-0.39, 0.29) is 11.3 Å². The summed E-state index contributed by atoms with van der Waals surface area (Å²) in [6, 6.07) is 14.8. The summed E-state index contributed by atoms with van der Waals surface area (Å²) < 4.78 is 11.7. The number of rotatable bonds is 5. The first-order valence-electron chi connectivity index (χ1n) is 10.2. The Hall–Kier alpha value is -3.52. The quantitative estimate of drug-likeness (QED) is 0.293. The summed E-state index contributed by atoms with van der Waals surface area (Å²) in [5.41, 5.74) is 1.81. The Balaban J connectivity index is 1.89. The molecule has 0 radical (unpaired) electrons. The number of ketones is 1. The fourth-order valence-corrected chi connectivity index (χ4v) is 4.39. The third kappa shape index (κ3) is 4.02. The van der Waals surface area contributed by atoms with Crippen LogP contribution >= 0.6 is 15.9 Å². The lowest BCUT2D eigenvalue weighted by molar-refractivity contribution is -0.132. The van der Waals surface area contributed by atoms with Gasteiger partial charge in [-0.15, -0.1) is 0 Å². The van der Waals surface area contributed by atoms with Crippen molar-refractivity contribution in [2.24, 2.45) is 0 Å². The first-order chi connectivity index (χ1) is 15.7. The molecule has 1 fully saturated rings. The highest BCUT2D eigenvalue weighted by molar-refractivity contribution is 9.10. The average molecular weight is 511 g/mol. The molecule has 1 amide bonds. The summed E-state index contributed by atoms with van der Waals surface area (Å²) in [5, 5.41) is 11.2. The summed E-state index contributed by atoms with van der Waals surface area (Å²) >= 11 is 3.40. The third-order valence-electron chi connectivity index (χ3n) is 5.54. The fourth-order valence-electron chi connectivity index (χ4n) is 3.85. The van der Waals surface area contributed by atoms with Crippen LogP contribution in [0.2, 0.25) is 0 Å². The molecule has 4 rings (SSSR count). The largest absolute Gasteiger partial charge is 0.507 e. The van der Waals surface area contributed by atoms with Crippen molar-refractivity contribution in [2.45, 2.75) is 13.0 Å². The lowest BCUT2D eigenvalue weighted by Gasteiger charge is -2.24. The predicted octanol–water partition coefficient (Wildman–Crippen LogP) is 5.05. The van der Waals surface area contributed by atoms with Crippen LogP contribution in [-0.2, 0) is 9.59 Å². The van der Waals surface area contributed by atoms with Crippen molar-refractivity contribution in [1.82, 2.24) is 0 Å². The number of halogens is 1. The molecule has 0 saturated carbocycles. The maximum Gasteiger partial charge on any atom is 0.300 e. The molecule has 7 nitrogen and oxygen atoms in total. The van der Waals surface area contributed by atoms with Crippen molar-refractivity contribution in [3.8, 4) is 5.75 Å². The van der Waals surface area contributed by atoms with Crippen molar-refractivity contribution < 1.29 is 23.8 Å². The van der Waals surface area contributed by atoms with Crippen LogP contribution in [-0.4, -0.2) is 38.0 Å². The molecule has 33 heavy (non-hydrogen) atoms. The fraction of sp³-hybridized carbons (Fsp3) is 0.200. The number of nitrogens with zero attached hydrogens (tertiary/aromatic N) is 2. The molecule has 3 aromatic rings. The van der Waals surface area contributed by atoms with Gasteiger partial charge in [0.1, 0.15) is 29.1 Å². The molecule has 2 aromatic carbocycles. The summed E-state index contributed by atoms with van der Waals surface area (Å²) in [6.45, 7) is 1.78. The van der Waals surface area contributed by atoms with Gasteiger partial charge in [0.05, 0.1) is 17.2 Å². The normalized spacial score (nSPS) is 17.5. The van der Waals surface area contributed by atoms with Crippen molar-refractivity contribution in [3.63, 3.8) is 0 Å². The Labute approximate surface area is 200 Å². The zero-order valence-corrected chi connectivity index (χ0v) is 20.2. The van der Waals surface area contributed by atoms with Crippen LogP contribution in [0.4, 0.5) is 11.4 Å². The summed E-state index contributed by atoms with van der Waals surface area (Å²) in [6.07, 6.45) is 0. The van der Waals surface area contributed by atoms with Crippen LogP contribution in [0.15, 0.2) is 69.1 Å². The first kappa shape index (κ1) is 22.7. The van der Waals surface area contributed by atoms with E-state index in [9.17, 15) is 14.7 Å². The van der Waals surface area contributed by atoms with Crippen LogP contribution in [0.1, 0.15) is 23.1 Å². The zero-order valence-electron chi connectivity index (χ0n) is 18.6. The van der Waals surface area contributed by atoms with Crippen molar-refractivity contribution in [3.05, 3.63) is 81.7 Å². The Kier molecular flexibility index (Phi) is 6.03. The van der Waals surface area contributed by atoms with Gasteiger partial charge in [-0.3, -0.25) is 14.5 Å². The predicted molar refractivity (Wildman–Crippen MR) is 130 cm³/mol. The molecule has 8 heteroatoms. The molecule has 2 heterocycles. The third-order valence-corrected chi connectivity index (χ3v) is 6.16. The van der Waals surface area contributed by atoms with E-state index < -0.39 is 17.7 Å². The molecule has 170 valence electrons. The van der Waals surface area contributed by atoms with E-state index in [4.69, 9.17) is 9.15 Å². The number of aryl methyl sites for hydroxylation is 1.